The number of ether oxygens (including phenoxy) is 2. The normalized spacial score (nSPS) is 16.0. The lowest BCUT2D eigenvalue weighted by molar-refractivity contribution is -0.124. The Labute approximate surface area is 338 Å². The van der Waals surface area contributed by atoms with Crippen LogP contribution < -0.4 is 10.6 Å². The van der Waals surface area contributed by atoms with Crippen LogP contribution in [0.5, 0.6) is 0 Å². The van der Waals surface area contributed by atoms with Gasteiger partial charge >= 0.3 is 11.9 Å². The van der Waals surface area contributed by atoms with E-state index in [0.29, 0.717) is 60.6 Å². The number of hydrogen-bond donors (Lipinski definition) is 4. The number of carbonyl (C=O) groups excluding carboxylic acids is 5. The van der Waals surface area contributed by atoms with E-state index in [4.69, 9.17) is 19.4 Å². The molecule has 0 spiro atoms. The monoisotopic (exact) mass is 790 g/mol. The number of fused-ring (bicyclic) bond motifs is 8. The number of carbonyl (C=O) groups is 5. The maximum atomic E-state index is 13.8. The predicted molar refractivity (Wildman–Crippen MR) is 224 cm³/mol. The number of ketones is 1. The number of esters is 2. The summed E-state index contributed by atoms with van der Waals surface area (Å²) < 4.78 is 11.0. The average molecular weight is 791 g/mol. The Morgan fingerprint density at radius 1 is 0.845 bits per heavy atom. The van der Waals surface area contributed by atoms with Crippen LogP contribution in [0.3, 0.4) is 0 Å². The highest BCUT2D eigenvalue weighted by Gasteiger charge is 2.38. The van der Waals surface area contributed by atoms with Gasteiger partial charge in [0, 0.05) is 78.6 Å². The largest absolute Gasteiger partial charge is 0.386 e. The van der Waals surface area contributed by atoms with Crippen molar-refractivity contribution >= 4 is 68.8 Å². The lowest BCUT2D eigenvalue weighted by Gasteiger charge is -2.19. The van der Waals surface area contributed by atoms with E-state index < -0.39 is 11.9 Å². The first kappa shape index (κ1) is 41.9. The average Bonchev–Trinajstić information content (AvgIpc) is 3.86. The lowest BCUT2D eigenvalue weighted by atomic mass is 9.85. The van der Waals surface area contributed by atoms with Gasteiger partial charge in [0.2, 0.25) is 11.8 Å². The quantitative estimate of drug-likeness (QED) is 0.0605. The van der Waals surface area contributed by atoms with Crippen LogP contribution >= 0.6 is 0 Å². The highest BCUT2D eigenvalue weighted by Crippen LogP contribution is 2.44. The lowest BCUT2D eigenvalue weighted by Crippen LogP contribution is -2.27. The van der Waals surface area contributed by atoms with Gasteiger partial charge in [-0.05, 0) is 100 Å². The van der Waals surface area contributed by atoms with E-state index in [2.05, 4.69) is 41.0 Å². The molecule has 4 N–H and O–H groups in total. The third kappa shape index (κ3) is 8.89. The second kappa shape index (κ2) is 18.3. The number of cyclic esters (lactones) is 2. The van der Waals surface area contributed by atoms with Crippen molar-refractivity contribution in [3.05, 3.63) is 75.4 Å². The van der Waals surface area contributed by atoms with Crippen LogP contribution in [0.1, 0.15) is 151 Å². The second-order valence-corrected chi connectivity index (χ2v) is 15.4. The van der Waals surface area contributed by atoms with Crippen LogP contribution in [-0.2, 0) is 23.9 Å². The number of aryl methyl sites for hydroxylation is 2. The Balaban J connectivity index is 1.23. The van der Waals surface area contributed by atoms with Crippen LogP contribution in [0, 0.1) is 13.8 Å². The van der Waals surface area contributed by atoms with Gasteiger partial charge in [0.1, 0.15) is 11.3 Å². The number of nitrogens with one attached hydrogen (secondary N) is 4. The third-order valence-corrected chi connectivity index (χ3v) is 11.5. The summed E-state index contributed by atoms with van der Waals surface area (Å²) in [5.41, 5.74) is 10.8. The molecule has 3 aromatic rings. The number of unbranched alkanes of at least 4 members (excludes halogenated alkanes) is 2. The molecule has 0 saturated carbocycles. The molecule has 3 aliphatic rings. The van der Waals surface area contributed by atoms with E-state index in [1.807, 2.05) is 45.0 Å². The van der Waals surface area contributed by atoms with Crippen LogP contribution in [-0.4, -0.2) is 75.8 Å². The van der Waals surface area contributed by atoms with Gasteiger partial charge in [0.15, 0.2) is 0 Å². The summed E-state index contributed by atoms with van der Waals surface area (Å²) >= 11 is 0. The molecule has 58 heavy (non-hydrogen) atoms. The first-order valence-corrected chi connectivity index (χ1v) is 20.3. The Morgan fingerprint density at radius 2 is 1.55 bits per heavy atom. The summed E-state index contributed by atoms with van der Waals surface area (Å²) in [5, 5.41) is 5.77. The zero-order valence-electron chi connectivity index (χ0n) is 34.4. The Bertz CT molecular complexity index is 2370. The topological polar surface area (TPSA) is 185 Å². The molecule has 0 fully saturated rings. The molecular weight excluding hydrogens is 737 g/mol. The molecule has 3 aliphatic heterocycles. The fraction of sp³-hybridized carbons (Fsp3) is 0.444. The minimum Gasteiger partial charge on any atom is -0.386 e. The van der Waals surface area contributed by atoms with Crippen molar-refractivity contribution in [2.45, 2.75) is 105 Å². The second-order valence-electron chi connectivity index (χ2n) is 15.4. The Morgan fingerprint density at radius 3 is 2.29 bits per heavy atom. The molecule has 2 atom stereocenters. The number of nitrogens with zero attached hydrogens (tertiary/aromatic N) is 2. The minimum absolute atomic E-state index is 0.0114. The number of Topliss-reactive ketones (excluding diaryl/α,β-unsaturated/α-hetero) is 1. The summed E-state index contributed by atoms with van der Waals surface area (Å²) in [6.07, 6.45) is 6.11. The fourth-order valence-electron chi connectivity index (χ4n) is 8.06. The molecule has 8 bridgehead atoms. The highest BCUT2D eigenvalue weighted by molar-refractivity contribution is 6.18. The van der Waals surface area contributed by atoms with Crippen molar-refractivity contribution in [3.63, 3.8) is 0 Å². The number of H-pyrrole nitrogens is 2. The molecule has 13 nitrogen and oxygen atoms in total. The number of aromatic nitrogens is 4. The molecule has 0 radical (unpaired) electrons. The molecule has 13 heteroatoms. The van der Waals surface area contributed by atoms with Crippen molar-refractivity contribution in [2.75, 3.05) is 26.3 Å². The van der Waals surface area contributed by atoms with E-state index >= 15 is 0 Å². The standard InChI is InChI=1S/C45H54N6O7/c1-8-29-25(4)32-21-34-27(6)31(14-16-39(54)46-17-11-10-12-19-57-20-18-47-38(53)15-13-24(3)52)42(50-34)41-43-40(44(55)58-45(41)56)28(7)35(51-43)23-37-30(9-2)26(5)33(49-37)22-36(29)48-32/h8,21-23,27,31,48,51H,1,9-20H2,2-7H3,(H,46,54)(H,47,53). The van der Waals surface area contributed by atoms with E-state index in [9.17, 15) is 24.0 Å². The molecule has 3 aromatic heterocycles. The third-order valence-electron chi connectivity index (χ3n) is 11.5. The predicted octanol–water partition coefficient (Wildman–Crippen LogP) is 7.68. The van der Waals surface area contributed by atoms with Crippen molar-refractivity contribution in [3.8, 4) is 0 Å². The zero-order chi connectivity index (χ0) is 41.7. The first-order valence-electron chi connectivity index (χ1n) is 20.3. The van der Waals surface area contributed by atoms with E-state index in [0.717, 1.165) is 76.1 Å². The Kier molecular flexibility index (Phi) is 13.2. The summed E-state index contributed by atoms with van der Waals surface area (Å²) in [7, 11) is 0. The molecule has 6 rings (SSSR count). The molecular formula is C45H54N6O7. The van der Waals surface area contributed by atoms with E-state index in [1.54, 1.807) is 0 Å². The van der Waals surface area contributed by atoms with Crippen LogP contribution in [0.25, 0.3) is 39.3 Å². The highest BCUT2D eigenvalue weighted by atomic mass is 16.6. The van der Waals surface area contributed by atoms with Crippen molar-refractivity contribution < 1.29 is 33.4 Å². The van der Waals surface area contributed by atoms with Crippen molar-refractivity contribution in [1.82, 2.24) is 30.6 Å². The molecule has 0 aromatic carbocycles. The van der Waals surface area contributed by atoms with Crippen molar-refractivity contribution in [2.24, 2.45) is 0 Å². The number of rotatable bonds is 17. The number of hydrogen-bond acceptors (Lipinski definition) is 9. The summed E-state index contributed by atoms with van der Waals surface area (Å²) in [6, 6.07) is 5.98. The maximum absolute atomic E-state index is 13.8. The SMILES string of the molecule is C=Cc1c(C)c2cc3nc(c4c5[nH]c(cc6nc(cc1[nH]2)C(C)=C6CC)c(C)c5C(=O)OC4=O)C(CCC(=O)NCCCCCOCCNC(=O)CCC(C)=O)C3C. The van der Waals surface area contributed by atoms with E-state index in [1.165, 1.54) is 6.92 Å². The van der Waals surface area contributed by atoms with Crippen LogP contribution in [0.2, 0.25) is 0 Å². The smallest absolute Gasteiger partial charge is 0.350 e. The molecule has 0 aliphatic carbocycles. The number of amides is 2. The molecule has 0 saturated heterocycles. The van der Waals surface area contributed by atoms with Gasteiger partial charge in [-0.15, -0.1) is 0 Å². The fourth-order valence-corrected chi connectivity index (χ4v) is 8.06. The summed E-state index contributed by atoms with van der Waals surface area (Å²) in [4.78, 5) is 80.1. The molecule has 6 heterocycles. The van der Waals surface area contributed by atoms with E-state index in [-0.39, 0.29) is 54.3 Å². The van der Waals surface area contributed by atoms with Gasteiger partial charge in [0.05, 0.1) is 34.8 Å². The van der Waals surface area contributed by atoms with Crippen LogP contribution in [0.15, 0.2) is 24.8 Å². The van der Waals surface area contributed by atoms with Gasteiger partial charge in [-0.3, -0.25) is 14.6 Å². The van der Waals surface area contributed by atoms with Gasteiger partial charge in [-0.1, -0.05) is 26.5 Å². The number of aromatic amines is 2. The molecule has 2 unspecified atom stereocenters. The Hall–Kier alpha value is -5.69. The molecule has 306 valence electrons. The van der Waals surface area contributed by atoms with Crippen molar-refractivity contribution in [1.29, 1.82) is 0 Å². The van der Waals surface area contributed by atoms with Gasteiger partial charge < -0.3 is 34.9 Å². The van der Waals surface area contributed by atoms with Gasteiger partial charge in [-0.25, -0.2) is 14.6 Å². The molecule has 2 amide bonds. The first-order chi connectivity index (χ1) is 27.8. The van der Waals surface area contributed by atoms with Crippen LogP contribution in [0.4, 0.5) is 0 Å². The van der Waals surface area contributed by atoms with Gasteiger partial charge in [-0.2, -0.15) is 0 Å². The maximum Gasteiger partial charge on any atom is 0.350 e. The zero-order valence-corrected chi connectivity index (χ0v) is 34.4. The minimum atomic E-state index is -0.771. The summed E-state index contributed by atoms with van der Waals surface area (Å²) in [6.45, 7) is 17.5. The van der Waals surface area contributed by atoms with Gasteiger partial charge in [0.25, 0.3) is 0 Å². The summed E-state index contributed by atoms with van der Waals surface area (Å²) in [5.74, 6) is -2.25. The number of allylic oxidation sites excluding steroid dienone is 2.